The molecule has 0 bridgehead atoms. The monoisotopic (exact) mass is 201 g/mol. The largest absolute Gasteiger partial charge is 0.444 e. The van der Waals surface area contributed by atoms with Gasteiger partial charge in [0.15, 0.2) is 0 Å². The van der Waals surface area contributed by atoms with E-state index < -0.39 is 11.7 Å². The van der Waals surface area contributed by atoms with E-state index in [-0.39, 0.29) is 12.1 Å². The van der Waals surface area contributed by atoms with E-state index in [9.17, 15) is 9.90 Å². The first-order valence-corrected chi connectivity index (χ1v) is 4.99. The minimum atomic E-state index is -0.468. The molecule has 4 heteroatoms. The highest BCUT2D eigenvalue weighted by Gasteiger charge is 2.34. The number of amides is 1. The second-order valence-electron chi connectivity index (χ2n) is 4.77. The van der Waals surface area contributed by atoms with E-state index in [1.54, 1.807) is 4.90 Å². The van der Waals surface area contributed by atoms with Gasteiger partial charge in [0.25, 0.3) is 0 Å². The Balaban J connectivity index is 2.54. The molecular formula is C10H19NO3. The van der Waals surface area contributed by atoms with Crippen LogP contribution in [0, 0.1) is 0 Å². The highest BCUT2D eigenvalue weighted by Crippen LogP contribution is 2.20. The molecule has 4 nitrogen and oxygen atoms in total. The van der Waals surface area contributed by atoms with Crippen LogP contribution in [0.25, 0.3) is 0 Å². The highest BCUT2D eigenvalue weighted by molar-refractivity contribution is 5.69. The van der Waals surface area contributed by atoms with E-state index in [0.29, 0.717) is 13.0 Å². The van der Waals surface area contributed by atoms with Gasteiger partial charge in [-0.2, -0.15) is 0 Å². The Hall–Kier alpha value is -0.770. The van der Waals surface area contributed by atoms with Gasteiger partial charge in [-0.15, -0.1) is 0 Å². The number of ether oxygens (including phenoxy) is 1. The number of hydrogen-bond acceptors (Lipinski definition) is 3. The lowest BCUT2D eigenvalue weighted by Gasteiger charge is -2.27. The Bertz CT molecular complexity index is 222. The van der Waals surface area contributed by atoms with Crippen LogP contribution < -0.4 is 0 Å². The molecule has 0 aromatic heterocycles. The van der Waals surface area contributed by atoms with Gasteiger partial charge < -0.3 is 14.7 Å². The SMILES string of the molecule is C[C@@H]1C(O)CCN1C(=O)OC(C)(C)C. The molecule has 1 rings (SSSR count). The summed E-state index contributed by atoms with van der Waals surface area (Å²) in [5.41, 5.74) is -0.468. The number of carbonyl (C=O) groups excluding carboxylic acids is 1. The lowest BCUT2D eigenvalue weighted by Crippen LogP contribution is -2.40. The molecule has 14 heavy (non-hydrogen) atoms. The first-order valence-electron chi connectivity index (χ1n) is 4.99. The summed E-state index contributed by atoms with van der Waals surface area (Å²) in [7, 11) is 0. The zero-order valence-corrected chi connectivity index (χ0v) is 9.28. The van der Waals surface area contributed by atoms with Gasteiger partial charge in [0.2, 0.25) is 0 Å². The molecule has 1 heterocycles. The molecule has 0 aliphatic carbocycles. The molecule has 1 amide bonds. The van der Waals surface area contributed by atoms with Gasteiger partial charge >= 0.3 is 6.09 Å². The fraction of sp³-hybridized carbons (Fsp3) is 0.900. The second kappa shape index (κ2) is 3.77. The van der Waals surface area contributed by atoms with Crippen molar-refractivity contribution in [2.45, 2.75) is 51.9 Å². The number of likely N-dealkylation sites (tertiary alicyclic amines) is 1. The zero-order chi connectivity index (χ0) is 10.9. The third-order valence-corrected chi connectivity index (χ3v) is 2.34. The molecule has 82 valence electrons. The molecule has 1 aliphatic rings. The maximum absolute atomic E-state index is 11.6. The number of carbonyl (C=O) groups is 1. The van der Waals surface area contributed by atoms with Crippen LogP contribution in [0.2, 0.25) is 0 Å². The summed E-state index contributed by atoms with van der Waals surface area (Å²) in [6.07, 6.45) is -0.107. The van der Waals surface area contributed by atoms with E-state index in [0.717, 1.165) is 0 Å². The van der Waals surface area contributed by atoms with Crippen molar-refractivity contribution < 1.29 is 14.6 Å². The van der Waals surface area contributed by atoms with Crippen molar-refractivity contribution >= 4 is 6.09 Å². The Kier molecular flexibility index (Phi) is 3.04. The second-order valence-corrected chi connectivity index (χ2v) is 4.77. The summed E-state index contributed by atoms with van der Waals surface area (Å²) < 4.78 is 5.22. The molecule has 1 N–H and O–H groups in total. The van der Waals surface area contributed by atoms with Gasteiger partial charge in [-0.3, -0.25) is 0 Å². The molecule has 0 aromatic rings. The molecule has 0 saturated carbocycles. The molecule has 1 unspecified atom stereocenters. The van der Waals surface area contributed by atoms with Crippen LogP contribution in [0.5, 0.6) is 0 Å². The molecule has 0 spiro atoms. The smallest absolute Gasteiger partial charge is 0.410 e. The quantitative estimate of drug-likeness (QED) is 0.644. The van der Waals surface area contributed by atoms with Crippen molar-refractivity contribution in [3.8, 4) is 0 Å². The summed E-state index contributed by atoms with van der Waals surface area (Å²) in [5, 5.41) is 9.47. The van der Waals surface area contributed by atoms with Gasteiger partial charge in [0, 0.05) is 6.54 Å². The molecule has 0 aromatic carbocycles. The standard InChI is InChI=1S/C10H19NO3/c1-7-8(12)5-6-11(7)9(13)14-10(2,3)4/h7-8,12H,5-6H2,1-4H3/t7-,8?/m1/s1. The number of rotatable bonds is 0. The average Bonchev–Trinajstić information content (AvgIpc) is 2.29. The number of aliphatic hydroxyl groups is 1. The fourth-order valence-electron chi connectivity index (χ4n) is 1.50. The van der Waals surface area contributed by atoms with Crippen molar-refractivity contribution in [3.05, 3.63) is 0 Å². The maximum Gasteiger partial charge on any atom is 0.410 e. The minimum absolute atomic E-state index is 0.134. The Labute approximate surface area is 84.8 Å². The average molecular weight is 201 g/mol. The van der Waals surface area contributed by atoms with Crippen LogP contribution in [-0.4, -0.2) is 40.4 Å². The van der Waals surface area contributed by atoms with Gasteiger partial charge in [-0.25, -0.2) is 4.79 Å². The molecular weight excluding hydrogens is 182 g/mol. The first-order chi connectivity index (χ1) is 6.31. The van der Waals surface area contributed by atoms with E-state index in [2.05, 4.69) is 0 Å². The fourth-order valence-corrected chi connectivity index (χ4v) is 1.50. The lowest BCUT2D eigenvalue weighted by molar-refractivity contribution is 0.0178. The lowest BCUT2D eigenvalue weighted by atomic mass is 10.2. The molecule has 1 fully saturated rings. The molecule has 2 atom stereocenters. The van der Waals surface area contributed by atoms with E-state index in [1.165, 1.54) is 0 Å². The van der Waals surface area contributed by atoms with Crippen LogP contribution >= 0.6 is 0 Å². The van der Waals surface area contributed by atoms with E-state index >= 15 is 0 Å². The van der Waals surface area contributed by atoms with E-state index in [4.69, 9.17) is 4.74 Å². The predicted molar refractivity (Wildman–Crippen MR) is 53.0 cm³/mol. The van der Waals surface area contributed by atoms with Crippen molar-refractivity contribution in [2.75, 3.05) is 6.54 Å². The Morgan fingerprint density at radius 2 is 2.07 bits per heavy atom. The molecule has 1 aliphatic heterocycles. The van der Waals surface area contributed by atoms with Gasteiger partial charge in [0.1, 0.15) is 5.60 Å². The summed E-state index contributed by atoms with van der Waals surface area (Å²) in [4.78, 5) is 13.2. The zero-order valence-electron chi connectivity index (χ0n) is 9.28. The van der Waals surface area contributed by atoms with Crippen LogP contribution in [0.4, 0.5) is 4.79 Å². The number of hydrogen-bond donors (Lipinski definition) is 1. The number of aliphatic hydroxyl groups excluding tert-OH is 1. The summed E-state index contributed by atoms with van der Waals surface area (Å²) in [6.45, 7) is 7.92. The topological polar surface area (TPSA) is 49.8 Å². The van der Waals surface area contributed by atoms with Gasteiger partial charge in [0.05, 0.1) is 12.1 Å². The first kappa shape index (κ1) is 11.3. The molecule has 0 radical (unpaired) electrons. The van der Waals surface area contributed by atoms with Crippen LogP contribution in [0.3, 0.4) is 0 Å². The normalized spacial score (nSPS) is 27.9. The third kappa shape index (κ3) is 2.61. The van der Waals surface area contributed by atoms with Crippen molar-refractivity contribution in [3.63, 3.8) is 0 Å². The minimum Gasteiger partial charge on any atom is -0.444 e. The summed E-state index contributed by atoms with van der Waals surface area (Å²) in [5.74, 6) is 0. The highest BCUT2D eigenvalue weighted by atomic mass is 16.6. The van der Waals surface area contributed by atoms with Crippen LogP contribution in [0.1, 0.15) is 34.1 Å². The van der Waals surface area contributed by atoms with Gasteiger partial charge in [-0.05, 0) is 34.1 Å². The van der Waals surface area contributed by atoms with Crippen molar-refractivity contribution in [2.24, 2.45) is 0 Å². The summed E-state index contributed by atoms with van der Waals surface area (Å²) in [6, 6.07) is -0.134. The Morgan fingerprint density at radius 3 is 2.43 bits per heavy atom. The van der Waals surface area contributed by atoms with Crippen molar-refractivity contribution in [1.82, 2.24) is 4.90 Å². The number of nitrogens with zero attached hydrogens (tertiary/aromatic N) is 1. The summed E-state index contributed by atoms with van der Waals surface area (Å²) >= 11 is 0. The van der Waals surface area contributed by atoms with E-state index in [1.807, 2.05) is 27.7 Å². The Morgan fingerprint density at radius 1 is 1.50 bits per heavy atom. The third-order valence-electron chi connectivity index (χ3n) is 2.34. The van der Waals surface area contributed by atoms with Crippen LogP contribution in [0.15, 0.2) is 0 Å². The maximum atomic E-state index is 11.6. The van der Waals surface area contributed by atoms with Crippen LogP contribution in [-0.2, 0) is 4.74 Å². The predicted octanol–water partition coefficient (Wildman–Crippen LogP) is 1.38. The molecule has 1 saturated heterocycles. The van der Waals surface area contributed by atoms with Gasteiger partial charge in [-0.1, -0.05) is 0 Å². The van der Waals surface area contributed by atoms with Crippen molar-refractivity contribution in [1.29, 1.82) is 0 Å².